The first-order valence-electron chi connectivity index (χ1n) is 6.31. The van der Waals surface area contributed by atoms with Gasteiger partial charge in [-0.1, -0.05) is 17.7 Å². The second-order valence-electron chi connectivity index (χ2n) is 5.78. The number of nitrogens with zero attached hydrogens (tertiary/aromatic N) is 1. The van der Waals surface area contributed by atoms with E-state index in [0.717, 1.165) is 10.5 Å². The quantitative estimate of drug-likeness (QED) is 0.931. The van der Waals surface area contributed by atoms with Crippen molar-refractivity contribution >= 4 is 15.9 Å². The van der Waals surface area contributed by atoms with E-state index in [1.54, 1.807) is 32.9 Å². The molecule has 0 aliphatic rings. The zero-order valence-corrected chi connectivity index (χ0v) is 13.2. The molecule has 0 aliphatic carbocycles. The van der Waals surface area contributed by atoms with Crippen LogP contribution in [0.3, 0.4) is 0 Å². The molecular weight excluding hydrogens is 278 g/mol. The Labute approximate surface area is 120 Å². The summed E-state index contributed by atoms with van der Waals surface area (Å²) in [7, 11) is -3.74. The Balaban J connectivity index is 3.26. The van der Waals surface area contributed by atoms with Crippen molar-refractivity contribution < 1.29 is 18.3 Å². The number of aryl methyl sites for hydroxylation is 1. The van der Waals surface area contributed by atoms with Gasteiger partial charge in [-0.15, -0.1) is 0 Å². The van der Waals surface area contributed by atoms with Gasteiger partial charge in [-0.3, -0.25) is 4.90 Å². The van der Waals surface area contributed by atoms with Crippen LogP contribution in [-0.4, -0.2) is 35.4 Å². The maximum absolute atomic E-state index is 12.5. The SMILES string of the molecule is Cc1ccc(S(=O)(=O)C(C)N(C(=O)O)C(C)(C)C)cc1. The summed E-state index contributed by atoms with van der Waals surface area (Å²) in [5, 5.41) is 8.14. The van der Waals surface area contributed by atoms with Crippen LogP contribution in [0.25, 0.3) is 0 Å². The summed E-state index contributed by atoms with van der Waals surface area (Å²) >= 11 is 0. The van der Waals surface area contributed by atoms with E-state index in [-0.39, 0.29) is 4.90 Å². The summed E-state index contributed by atoms with van der Waals surface area (Å²) in [4.78, 5) is 12.5. The largest absolute Gasteiger partial charge is 0.465 e. The molecule has 0 fully saturated rings. The van der Waals surface area contributed by atoms with Crippen molar-refractivity contribution in [3.8, 4) is 0 Å². The molecule has 0 heterocycles. The first kappa shape index (κ1) is 16.5. The lowest BCUT2D eigenvalue weighted by Gasteiger charge is -2.37. The smallest absolute Gasteiger partial charge is 0.408 e. The third-order valence-corrected chi connectivity index (χ3v) is 5.13. The van der Waals surface area contributed by atoms with Crippen LogP contribution in [0.1, 0.15) is 33.3 Å². The summed E-state index contributed by atoms with van der Waals surface area (Å²) in [6, 6.07) is 6.40. The topological polar surface area (TPSA) is 74.7 Å². The first-order valence-corrected chi connectivity index (χ1v) is 7.85. The predicted molar refractivity (Wildman–Crippen MR) is 77.4 cm³/mol. The van der Waals surface area contributed by atoms with Crippen LogP contribution >= 0.6 is 0 Å². The highest BCUT2D eigenvalue weighted by Crippen LogP contribution is 2.25. The highest BCUT2D eigenvalue weighted by atomic mass is 32.2. The van der Waals surface area contributed by atoms with Crippen molar-refractivity contribution in [2.45, 2.75) is 50.4 Å². The molecule has 1 unspecified atom stereocenters. The molecular formula is C14H21NO4S. The van der Waals surface area contributed by atoms with E-state index < -0.39 is 26.8 Å². The zero-order chi connectivity index (χ0) is 15.7. The minimum absolute atomic E-state index is 0.131. The maximum Gasteiger partial charge on any atom is 0.408 e. The van der Waals surface area contributed by atoms with Gasteiger partial charge in [0.25, 0.3) is 0 Å². The number of benzene rings is 1. The molecule has 0 radical (unpaired) electrons. The molecule has 1 N–H and O–H groups in total. The molecule has 1 atom stereocenters. The lowest BCUT2D eigenvalue weighted by molar-refractivity contribution is 0.0943. The van der Waals surface area contributed by atoms with E-state index in [1.165, 1.54) is 19.1 Å². The number of carboxylic acid groups (broad SMARTS) is 1. The van der Waals surface area contributed by atoms with Crippen molar-refractivity contribution in [1.29, 1.82) is 0 Å². The minimum atomic E-state index is -3.74. The van der Waals surface area contributed by atoms with Crippen molar-refractivity contribution in [2.75, 3.05) is 0 Å². The highest BCUT2D eigenvalue weighted by Gasteiger charge is 2.38. The summed E-state index contributed by atoms with van der Waals surface area (Å²) in [5.41, 5.74) is 0.144. The maximum atomic E-state index is 12.5. The number of amides is 1. The molecule has 1 amide bonds. The second kappa shape index (κ2) is 5.44. The van der Waals surface area contributed by atoms with Gasteiger partial charge in [0.15, 0.2) is 9.84 Å². The van der Waals surface area contributed by atoms with Crippen LogP contribution in [0.15, 0.2) is 29.2 Å². The number of sulfone groups is 1. The molecule has 112 valence electrons. The molecule has 6 heteroatoms. The molecule has 1 aromatic rings. The summed E-state index contributed by atoms with van der Waals surface area (Å²) < 4.78 is 25.1. The van der Waals surface area contributed by atoms with Crippen molar-refractivity contribution in [2.24, 2.45) is 0 Å². The number of hydrogen-bond acceptors (Lipinski definition) is 3. The third kappa shape index (κ3) is 3.30. The van der Waals surface area contributed by atoms with Gasteiger partial charge in [0.2, 0.25) is 0 Å². The Morgan fingerprint density at radius 2 is 1.65 bits per heavy atom. The van der Waals surface area contributed by atoms with Crippen molar-refractivity contribution in [3.05, 3.63) is 29.8 Å². The second-order valence-corrected chi connectivity index (χ2v) is 8.02. The molecule has 0 aliphatic heterocycles. The summed E-state index contributed by atoms with van der Waals surface area (Å²) in [6.07, 6.45) is -1.25. The van der Waals surface area contributed by atoms with E-state index in [9.17, 15) is 18.3 Å². The Bertz CT molecular complexity index is 585. The fourth-order valence-corrected chi connectivity index (χ4v) is 3.64. The van der Waals surface area contributed by atoms with Crippen LogP contribution in [0, 0.1) is 6.92 Å². The fourth-order valence-electron chi connectivity index (χ4n) is 2.05. The molecule has 0 spiro atoms. The molecule has 0 saturated heterocycles. The van der Waals surface area contributed by atoms with Gasteiger partial charge in [-0.25, -0.2) is 13.2 Å². The molecule has 1 aromatic carbocycles. The van der Waals surface area contributed by atoms with Crippen molar-refractivity contribution in [3.63, 3.8) is 0 Å². The third-order valence-electron chi connectivity index (χ3n) is 3.09. The fraction of sp³-hybridized carbons (Fsp3) is 0.500. The van der Waals surface area contributed by atoms with Crippen LogP contribution in [0.2, 0.25) is 0 Å². The Hall–Kier alpha value is -1.56. The average molecular weight is 299 g/mol. The molecule has 0 bridgehead atoms. The van der Waals surface area contributed by atoms with Gasteiger partial charge in [-0.2, -0.15) is 0 Å². The van der Waals surface area contributed by atoms with Gasteiger partial charge in [0.1, 0.15) is 5.37 Å². The Kier molecular flexibility index (Phi) is 4.49. The van der Waals surface area contributed by atoms with Gasteiger partial charge >= 0.3 is 6.09 Å². The number of rotatable bonds is 3. The number of carbonyl (C=O) groups is 1. The van der Waals surface area contributed by atoms with E-state index in [2.05, 4.69) is 0 Å². The van der Waals surface area contributed by atoms with Crippen LogP contribution in [0.5, 0.6) is 0 Å². The van der Waals surface area contributed by atoms with Crippen LogP contribution < -0.4 is 0 Å². The lowest BCUT2D eigenvalue weighted by atomic mass is 10.1. The van der Waals surface area contributed by atoms with Gasteiger partial charge in [0.05, 0.1) is 4.90 Å². The zero-order valence-electron chi connectivity index (χ0n) is 12.4. The monoisotopic (exact) mass is 299 g/mol. The van der Waals surface area contributed by atoms with Gasteiger partial charge in [-0.05, 0) is 46.8 Å². The summed E-state index contributed by atoms with van der Waals surface area (Å²) in [5.74, 6) is 0. The standard InChI is InChI=1S/C14H21NO4S/c1-10-6-8-12(9-7-10)20(18,19)11(2)15(13(16)17)14(3,4)5/h6-9,11H,1-5H3,(H,16,17). The van der Waals surface area contributed by atoms with E-state index >= 15 is 0 Å². The van der Waals surface area contributed by atoms with Crippen LogP contribution in [0.4, 0.5) is 4.79 Å². The Morgan fingerprint density at radius 1 is 1.20 bits per heavy atom. The predicted octanol–water partition coefficient (Wildman–Crippen LogP) is 2.89. The van der Waals surface area contributed by atoms with E-state index in [1.807, 2.05) is 6.92 Å². The molecule has 1 rings (SSSR count). The van der Waals surface area contributed by atoms with Gasteiger partial charge in [0, 0.05) is 5.54 Å². The number of hydrogen-bond donors (Lipinski definition) is 1. The van der Waals surface area contributed by atoms with Crippen molar-refractivity contribution in [1.82, 2.24) is 4.90 Å². The molecule has 0 saturated carbocycles. The van der Waals surface area contributed by atoms with E-state index in [4.69, 9.17) is 0 Å². The van der Waals surface area contributed by atoms with E-state index in [0.29, 0.717) is 0 Å². The highest BCUT2D eigenvalue weighted by molar-refractivity contribution is 7.92. The molecule has 20 heavy (non-hydrogen) atoms. The molecule has 0 aromatic heterocycles. The van der Waals surface area contributed by atoms with Crippen LogP contribution in [-0.2, 0) is 9.84 Å². The Morgan fingerprint density at radius 3 is 2.00 bits per heavy atom. The summed E-state index contributed by atoms with van der Waals surface area (Å²) in [6.45, 7) is 8.26. The minimum Gasteiger partial charge on any atom is -0.465 e. The van der Waals surface area contributed by atoms with Gasteiger partial charge < -0.3 is 5.11 Å². The lowest BCUT2D eigenvalue weighted by Crippen LogP contribution is -2.52. The first-order chi connectivity index (χ1) is 8.98. The molecule has 5 nitrogen and oxygen atoms in total. The normalized spacial score (nSPS) is 13.8. The average Bonchev–Trinajstić information content (AvgIpc) is 2.26.